The molecule has 0 aromatic carbocycles. The van der Waals surface area contributed by atoms with Gasteiger partial charge in [0.1, 0.15) is 18.0 Å². The molecule has 0 saturated heterocycles. The Bertz CT molecular complexity index is 673. The van der Waals surface area contributed by atoms with E-state index in [2.05, 4.69) is 26.1 Å². The lowest BCUT2D eigenvalue weighted by atomic mass is 9.96. The summed E-state index contributed by atoms with van der Waals surface area (Å²) in [6, 6.07) is 0.455. The summed E-state index contributed by atoms with van der Waals surface area (Å²) in [7, 11) is 1.95. The van der Waals surface area contributed by atoms with E-state index in [9.17, 15) is 4.79 Å². The van der Waals surface area contributed by atoms with Gasteiger partial charge in [0.2, 0.25) is 0 Å². The Morgan fingerprint density at radius 1 is 1.17 bits per heavy atom. The van der Waals surface area contributed by atoms with Crippen LogP contribution in [0.3, 0.4) is 0 Å². The smallest absolute Gasteiger partial charge is 0.407 e. The molecule has 0 bridgehead atoms. The first-order valence-corrected chi connectivity index (χ1v) is 10.6. The molecule has 0 unspecified atom stereocenters. The van der Waals surface area contributed by atoms with E-state index in [-0.39, 0.29) is 6.09 Å². The maximum absolute atomic E-state index is 11.7. The average molecular weight is 408 g/mol. The van der Waals surface area contributed by atoms with Crippen molar-refractivity contribution in [1.82, 2.24) is 30.7 Å². The first-order valence-electron chi connectivity index (χ1n) is 10.6. The van der Waals surface area contributed by atoms with E-state index in [1.807, 2.05) is 39.3 Å². The minimum absolute atomic E-state index is 0.385. The van der Waals surface area contributed by atoms with Crippen LogP contribution in [-0.2, 0) is 18.3 Å². The van der Waals surface area contributed by atoms with E-state index in [1.165, 1.54) is 32.1 Å². The Kier molecular flexibility index (Phi) is 8.72. The fourth-order valence-electron chi connectivity index (χ4n) is 3.13. The van der Waals surface area contributed by atoms with Gasteiger partial charge in [-0.05, 0) is 47.0 Å². The SMILES string of the molecule is Cc1nnc(CN=C(NCCCNC(=O)OC(C)(C)C)NC2CCCCC2)n1C. The number of nitrogens with one attached hydrogen (secondary N) is 3. The zero-order valence-electron chi connectivity index (χ0n) is 18.5. The number of amides is 1. The molecule has 164 valence electrons. The molecule has 0 radical (unpaired) electrons. The Labute approximate surface area is 174 Å². The number of ether oxygens (including phenoxy) is 1. The summed E-state index contributed by atoms with van der Waals surface area (Å²) in [5.74, 6) is 2.49. The summed E-state index contributed by atoms with van der Waals surface area (Å²) in [5.41, 5.74) is -0.482. The Hall–Kier alpha value is -2.32. The van der Waals surface area contributed by atoms with Gasteiger partial charge in [0.25, 0.3) is 0 Å². The normalized spacial score (nSPS) is 15.8. The van der Waals surface area contributed by atoms with E-state index < -0.39 is 5.60 Å². The van der Waals surface area contributed by atoms with Crippen LogP contribution in [0.5, 0.6) is 0 Å². The molecular formula is C20H37N7O2. The number of carbonyl (C=O) groups is 1. The third-order valence-corrected chi connectivity index (χ3v) is 4.82. The van der Waals surface area contributed by atoms with Crippen molar-refractivity contribution in [1.29, 1.82) is 0 Å². The van der Waals surface area contributed by atoms with Gasteiger partial charge in [-0.3, -0.25) is 0 Å². The third kappa shape index (κ3) is 8.70. The molecule has 1 aliphatic rings. The molecule has 2 rings (SSSR count). The fraction of sp³-hybridized carbons (Fsp3) is 0.800. The van der Waals surface area contributed by atoms with Crippen LogP contribution in [0.15, 0.2) is 4.99 Å². The van der Waals surface area contributed by atoms with Gasteiger partial charge < -0.3 is 25.3 Å². The topological polar surface area (TPSA) is 105 Å². The Morgan fingerprint density at radius 3 is 2.48 bits per heavy atom. The lowest BCUT2D eigenvalue weighted by Crippen LogP contribution is -2.45. The van der Waals surface area contributed by atoms with E-state index in [1.54, 1.807) is 0 Å². The summed E-state index contributed by atoms with van der Waals surface area (Å²) in [6.45, 7) is 9.20. The number of hydrogen-bond donors (Lipinski definition) is 3. The largest absolute Gasteiger partial charge is 0.444 e. The van der Waals surface area contributed by atoms with Gasteiger partial charge in [-0.15, -0.1) is 10.2 Å². The van der Waals surface area contributed by atoms with Crippen LogP contribution in [0.1, 0.15) is 70.9 Å². The number of alkyl carbamates (subject to hydrolysis) is 1. The molecule has 3 N–H and O–H groups in total. The molecule has 29 heavy (non-hydrogen) atoms. The first kappa shape index (κ1) is 23.0. The van der Waals surface area contributed by atoms with Crippen molar-refractivity contribution in [3.8, 4) is 0 Å². The minimum atomic E-state index is -0.482. The van der Waals surface area contributed by atoms with Crippen molar-refractivity contribution in [2.45, 2.75) is 84.4 Å². The molecule has 1 amide bonds. The van der Waals surface area contributed by atoms with Gasteiger partial charge in [0.15, 0.2) is 11.8 Å². The Morgan fingerprint density at radius 2 is 1.86 bits per heavy atom. The molecule has 1 aromatic heterocycles. The fourth-order valence-corrected chi connectivity index (χ4v) is 3.13. The summed E-state index contributed by atoms with van der Waals surface area (Å²) >= 11 is 0. The van der Waals surface area contributed by atoms with Crippen LogP contribution in [0.25, 0.3) is 0 Å². The van der Waals surface area contributed by atoms with Crippen LogP contribution in [0, 0.1) is 6.92 Å². The molecule has 1 saturated carbocycles. The van der Waals surface area contributed by atoms with Crippen molar-refractivity contribution in [3.05, 3.63) is 11.6 Å². The summed E-state index contributed by atoms with van der Waals surface area (Å²) in [4.78, 5) is 16.4. The molecular weight excluding hydrogens is 370 g/mol. The number of aromatic nitrogens is 3. The van der Waals surface area contributed by atoms with Gasteiger partial charge in [-0.1, -0.05) is 19.3 Å². The molecule has 1 heterocycles. The average Bonchev–Trinajstić information content (AvgIpc) is 2.97. The van der Waals surface area contributed by atoms with Gasteiger partial charge in [-0.2, -0.15) is 0 Å². The van der Waals surface area contributed by atoms with E-state index in [4.69, 9.17) is 9.73 Å². The van der Waals surface area contributed by atoms with Gasteiger partial charge in [0.05, 0.1) is 0 Å². The minimum Gasteiger partial charge on any atom is -0.444 e. The monoisotopic (exact) mass is 407 g/mol. The second kappa shape index (κ2) is 11.0. The molecule has 9 nitrogen and oxygen atoms in total. The lowest BCUT2D eigenvalue weighted by molar-refractivity contribution is 0.0527. The molecule has 0 atom stereocenters. The summed E-state index contributed by atoms with van der Waals surface area (Å²) in [6.07, 6.45) is 6.55. The number of carbonyl (C=O) groups excluding carboxylic acids is 1. The molecule has 0 spiro atoms. The van der Waals surface area contributed by atoms with Crippen LogP contribution < -0.4 is 16.0 Å². The van der Waals surface area contributed by atoms with E-state index >= 15 is 0 Å². The van der Waals surface area contributed by atoms with Crippen LogP contribution in [-0.4, -0.2) is 51.5 Å². The van der Waals surface area contributed by atoms with Crippen LogP contribution in [0.2, 0.25) is 0 Å². The highest BCUT2D eigenvalue weighted by molar-refractivity contribution is 5.80. The number of rotatable bonds is 7. The van der Waals surface area contributed by atoms with Gasteiger partial charge in [-0.25, -0.2) is 9.79 Å². The number of guanidine groups is 1. The second-order valence-corrected chi connectivity index (χ2v) is 8.58. The summed E-state index contributed by atoms with van der Waals surface area (Å²) in [5, 5.41) is 18.0. The molecule has 9 heteroatoms. The zero-order valence-corrected chi connectivity index (χ0v) is 18.5. The quantitative estimate of drug-likeness (QED) is 0.364. The van der Waals surface area contributed by atoms with Crippen molar-refractivity contribution in [2.75, 3.05) is 13.1 Å². The van der Waals surface area contributed by atoms with Crippen molar-refractivity contribution in [3.63, 3.8) is 0 Å². The van der Waals surface area contributed by atoms with Crippen LogP contribution in [0.4, 0.5) is 4.79 Å². The second-order valence-electron chi connectivity index (χ2n) is 8.58. The van der Waals surface area contributed by atoms with E-state index in [0.29, 0.717) is 25.7 Å². The van der Waals surface area contributed by atoms with Crippen molar-refractivity contribution in [2.24, 2.45) is 12.0 Å². The predicted molar refractivity (Wildman–Crippen MR) is 114 cm³/mol. The van der Waals surface area contributed by atoms with Crippen molar-refractivity contribution >= 4 is 12.1 Å². The van der Waals surface area contributed by atoms with Crippen molar-refractivity contribution < 1.29 is 9.53 Å². The van der Waals surface area contributed by atoms with Gasteiger partial charge in [0, 0.05) is 26.2 Å². The maximum Gasteiger partial charge on any atom is 0.407 e. The molecule has 1 fully saturated rings. The maximum atomic E-state index is 11.7. The standard InChI is InChI=1S/C20H37N7O2/c1-15-25-26-17(27(15)5)14-23-18(24-16-10-7-6-8-11-16)21-12-9-13-22-19(28)29-20(2,3)4/h16H,6-14H2,1-5H3,(H,22,28)(H2,21,23,24). The predicted octanol–water partition coefficient (Wildman–Crippen LogP) is 2.41. The summed E-state index contributed by atoms with van der Waals surface area (Å²) < 4.78 is 7.20. The van der Waals surface area contributed by atoms with E-state index in [0.717, 1.165) is 24.0 Å². The molecule has 0 aliphatic heterocycles. The Balaban J connectivity index is 1.82. The molecule has 1 aromatic rings. The van der Waals surface area contributed by atoms with Gasteiger partial charge >= 0.3 is 6.09 Å². The number of hydrogen-bond acceptors (Lipinski definition) is 5. The lowest BCUT2D eigenvalue weighted by Gasteiger charge is -2.25. The number of aryl methyl sites for hydroxylation is 1. The first-order chi connectivity index (χ1) is 13.7. The highest BCUT2D eigenvalue weighted by atomic mass is 16.6. The van der Waals surface area contributed by atoms with Crippen LogP contribution >= 0.6 is 0 Å². The highest BCUT2D eigenvalue weighted by Gasteiger charge is 2.16. The zero-order chi connectivity index (χ0) is 21.3. The molecule has 1 aliphatic carbocycles. The highest BCUT2D eigenvalue weighted by Crippen LogP contribution is 2.17. The number of aliphatic imine (C=N–C) groups is 1. The number of nitrogens with zero attached hydrogens (tertiary/aromatic N) is 4. The third-order valence-electron chi connectivity index (χ3n) is 4.82.